The number of nitrogens with zero attached hydrogens (tertiary/aromatic N) is 3. The number of amides is 1. The van der Waals surface area contributed by atoms with Gasteiger partial charge in [0, 0.05) is 19.8 Å². The maximum absolute atomic E-state index is 13.0. The summed E-state index contributed by atoms with van der Waals surface area (Å²) >= 11 is 0. The molecule has 1 saturated heterocycles. The Balaban J connectivity index is 1.91. The van der Waals surface area contributed by atoms with E-state index < -0.39 is 6.10 Å². The average molecular weight is 289 g/mol. The van der Waals surface area contributed by atoms with E-state index in [9.17, 15) is 14.3 Å². The number of rotatable bonds is 2. The maximum atomic E-state index is 13.0. The normalized spacial score (nSPS) is 21.8. The van der Waals surface area contributed by atoms with E-state index in [1.807, 2.05) is 0 Å². The zero-order valence-corrected chi connectivity index (χ0v) is 11.6. The molecule has 0 spiro atoms. The van der Waals surface area contributed by atoms with Crippen molar-refractivity contribution in [2.24, 2.45) is 7.05 Å². The zero-order chi connectivity index (χ0) is 15.0. The lowest BCUT2D eigenvalue weighted by Gasteiger charge is -2.24. The van der Waals surface area contributed by atoms with Gasteiger partial charge in [-0.05, 0) is 30.2 Å². The van der Waals surface area contributed by atoms with Crippen molar-refractivity contribution in [3.05, 3.63) is 53.6 Å². The number of carbonyl (C=O) groups excluding carboxylic acids is 1. The molecule has 0 unspecified atom stereocenters. The molecule has 1 aromatic heterocycles. The molecule has 0 radical (unpaired) electrons. The van der Waals surface area contributed by atoms with Crippen LogP contribution in [0, 0.1) is 5.82 Å². The quantitative estimate of drug-likeness (QED) is 0.911. The summed E-state index contributed by atoms with van der Waals surface area (Å²) in [6, 6.07) is 7.44. The number of halogens is 1. The predicted octanol–water partition coefficient (Wildman–Crippen LogP) is 1.51. The number of aromatic nitrogens is 2. The fraction of sp³-hybridized carbons (Fsp3) is 0.333. The smallest absolute Gasteiger partial charge is 0.272 e. The van der Waals surface area contributed by atoms with Gasteiger partial charge < -0.3 is 10.0 Å². The first kappa shape index (κ1) is 13.8. The van der Waals surface area contributed by atoms with E-state index in [0.29, 0.717) is 12.1 Å². The predicted molar refractivity (Wildman–Crippen MR) is 74.0 cm³/mol. The number of hydrogen-bond acceptors (Lipinski definition) is 3. The molecule has 1 amide bonds. The topological polar surface area (TPSA) is 58.4 Å². The largest absolute Gasteiger partial charge is 0.391 e. The molecular formula is C15H16FN3O2. The van der Waals surface area contributed by atoms with Crippen molar-refractivity contribution >= 4 is 5.91 Å². The van der Waals surface area contributed by atoms with Crippen molar-refractivity contribution in [1.82, 2.24) is 14.7 Å². The Morgan fingerprint density at radius 3 is 2.67 bits per heavy atom. The third kappa shape index (κ3) is 2.54. The van der Waals surface area contributed by atoms with Crippen LogP contribution in [0.25, 0.3) is 0 Å². The highest BCUT2D eigenvalue weighted by molar-refractivity contribution is 5.93. The summed E-state index contributed by atoms with van der Waals surface area (Å²) in [4.78, 5) is 14.2. The van der Waals surface area contributed by atoms with Crippen LogP contribution in [0.4, 0.5) is 4.39 Å². The van der Waals surface area contributed by atoms with Gasteiger partial charge in [-0.25, -0.2) is 4.39 Å². The molecule has 1 fully saturated rings. The number of benzene rings is 1. The minimum atomic E-state index is -0.572. The first-order valence-electron chi connectivity index (χ1n) is 6.79. The molecule has 6 heteroatoms. The van der Waals surface area contributed by atoms with Gasteiger partial charge in [-0.1, -0.05) is 12.1 Å². The summed E-state index contributed by atoms with van der Waals surface area (Å²) in [5.41, 5.74) is 1.29. The van der Waals surface area contributed by atoms with Crippen molar-refractivity contribution in [2.75, 3.05) is 6.54 Å². The van der Waals surface area contributed by atoms with Gasteiger partial charge in [-0.2, -0.15) is 5.10 Å². The molecule has 5 nitrogen and oxygen atoms in total. The molecule has 1 aromatic carbocycles. The van der Waals surface area contributed by atoms with Crippen molar-refractivity contribution < 1.29 is 14.3 Å². The van der Waals surface area contributed by atoms with Gasteiger partial charge in [0.1, 0.15) is 11.5 Å². The van der Waals surface area contributed by atoms with Crippen LogP contribution in [0.3, 0.4) is 0 Å². The minimum Gasteiger partial charge on any atom is -0.391 e. The lowest BCUT2D eigenvalue weighted by atomic mass is 10.0. The molecule has 2 heterocycles. The highest BCUT2D eigenvalue weighted by Crippen LogP contribution is 2.33. The van der Waals surface area contributed by atoms with E-state index in [0.717, 1.165) is 5.56 Å². The highest BCUT2D eigenvalue weighted by atomic mass is 19.1. The molecule has 1 aliphatic heterocycles. The number of β-amino-alcohol motifs (C(OH)–C–C–N with tert-alkyl or cyclic N) is 1. The van der Waals surface area contributed by atoms with Crippen LogP contribution >= 0.6 is 0 Å². The molecule has 110 valence electrons. The molecule has 1 aliphatic rings. The van der Waals surface area contributed by atoms with Crippen LogP contribution in [-0.4, -0.2) is 38.3 Å². The molecular weight excluding hydrogens is 273 g/mol. The molecule has 0 aliphatic carbocycles. The fourth-order valence-corrected chi connectivity index (χ4v) is 2.77. The molecule has 2 aromatic rings. The third-order valence-electron chi connectivity index (χ3n) is 3.83. The molecule has 1 N–H and O–H groups in total. The van der Waals surface area contributed by atoms with Gasteiger partial charge in [0.05, 0.1) is 12.1 Å². The monoisotopic (exact) mass is 289 g/mol. The van der Waals surface area contributed by atoms with Crippen LogP contribution < -0.4 is 0 Å². The second kappa shape index (κ2) is 5.29. The molecule has 0 bridgehead atoms. The summed E-state index contributed by atoms with van der Waals surface area (Å²) in [5, 5.41) is 13.9. The van der Waals surface area contributed by atoms with Crippen LogP contribution in [-0.2, 0) is 7.05 Å². The Morgan fingerprint density at radius 1 is 1.33 bits per heavy atom. The van der Waals surface area contributed by atoms with Gasteiger partial charge in [0.2, 0.25) is 0 Å². The van der Waals surface area contributed by atoms with Crippen molar-refractivity contribution in [3.8, 4) is 0 Å². The number of aliphatic hydroxyl groups excluding tert-OH is 1. The summed E-state index contributed by atoms with van der Waals surface area (Å²) in [7, 11) is 1.70. The van der Waals surface area contributed by atoms with E-state index in [-0.39, 0.29) is 24.3 Å². The van der Waals surface area contributed by atoms with E-state index in [1.165, 1.54) is 16.8 Å². The summed E-state index contributed by atoms with van der Waals surface area (Å²) in [5.74, 6) is -0.498. The average Bonchev–Trinajstić information content (AvgIpc) is 3.05. The Hall–Kier alpha value is -2.21. The zero-order valence-electron chi connectivity index (χ0n) is 11.6. The van der Waals surface area contributed by atoms with Crippen LogP contribution in [0.2, 0.25) is 0 Å². The van der Waals surface area contributed by atoms with Gasteiger partial charge in [-0.3, -0.25) is 9.48 Å². The van der Waals surface area contributed by atoms with Crippen molar-refractivity contribution in [3.63, 3.8) is 0 Å². The Labute approximate surface area is 121 Å². The van der Waals surface area contributed by atoms with E-state index in [2.05, 4.69) is 5.10 Å². The first-order chi connectivity index (χ1) is 10.1. The molecule has 3 rings (SSSR count). The highest BCUT2D eigenvalue weighted by Gasteiger charge is 2.36. The molecule has 21 heavy (non-hydrogen) atoms. The van der Waals surface area contributed by atoms with Gasteiger partial charge in [0.25, 0.3) is 5.91 Å². The van der Waals surface area contributed by atoms with Crippen LogP contribution in [0.15, 0.2) is 36.5 Å². The number of aliphatic hydroxyl groups is 1. The van der Waals surface area contributed by atoms with Gasteiger partial charge in [0.15, 0.2) is 0 Å². The lowest BCUT2D eigenvalue weighted by Crippen LogP contribution is -2.33. The van der Waals surface area contributed by atoms with E-state index >= 15 is 0 Å². The third-order valence-corrected chi connectivity index (χ3v) is 3.83. The minimum absolute atomic E-state index is 0.180. The Bertz CT molecular complexity index is 653. The Kier molecular flexibility index (Phi) is 3.47. The molecule has 0 saturated carbocycles. The van der Waals surface area contributed by atoms with Crippen LogP contribution in [0.5, 0.6) is 0 Å². The lowest BCUT2D eigenvalue weighted by molar-refractivity contribution is 0.0704. The number of likely N-dealkylation sites (tertiary alicyclic amines) is 1. The Morgan fingerprint density at radius 2 is 2.05 bits per heavy atom. The van der Waals surface area contributed by atoms with Gasteiger partial charge >= 0.3 is 0 Å². The van der Waals surface area contributed by atoms with Gasteiger partial charge in [-0.15, -0.1) is 0 Å². The fourth-order valence-electron chi connectivity index (χ4n) is 2.77. The van der Waals surface area contributed by atoms with Crippen molar-refractivity contribution in [2.45, 2.75) is 18.6 Å². The summed E-state index contributed by atoms with van der Waals surface area (Å²) in [6.07, 6.45) is 1.44. The van der Waals surface area contributed by atoms with E-state index in [4.69, 9.17) is 0 Å². The standard InChI is InChI=1S/C15H16FN3O2/c1-18-13(6-7-17-18)15(21)19-9-12(20)8-14(19)10-2-4-11(16)5-3-10/h2-7,12,14,20H,8-9H2,1H3/t12-,14+/m0/s1. The van der Waals surface area contributed by atoms with Crippen molar-refractivity contribution in [1.29, 1.82) is 0 Å². The number of carbonyl (C=O) groups is 1. The number of aryl methyl sites for hydroxylation is 1. The summed E-state index contributed by atoms with van der Waals surface area (Å²) < 4.78 is 14.5. The number of hydrogen-bond donors (Lipinski definition) is 1. The van der Waals surface area contributed by atoms with Crippen LogP contribution in [0.1, 0.15) is 28.5 Å². The van der Waals surface area contributed by atoms with E-state index in [1.54, 1.807) is 36.3 Å². The molecule has 2 atom stereocenters. The summed E-state index contributed by atoms with van der Waals surface area (Å²) in [6.45, 7) is 0.270. The SMILES string of the molecule is Cn1nccc1C(=O)N1C[C@@H](O)C[C@@H]1c1ccc(F)cc1. The second-order valence-electron chi connectivity index (χ2n) is 5.25. The first-order valence-corrected chi connectivity index (χ1v) is 6.79. The maximum Gasteiger partial charge on any atom is 0.272 e. The second-order valence-corrected chi connectivity index (χ2v) is 5.25.